The predicted molar refractivity (Wildman–Crippen MR) is 156 cm³/mol. The van der Waals surface area contributed by atoms with E-state index < -0.39 is 54.0 Å². The van der Waals surface area contributed by atoms with E-state index in [1.54, 1.807) is 31.3 Å². The summed E-state index contributed by atoms with van der Waals surface area (Å²) in [7, 11) is 4.35. The Morgan fingerprint density at radius 1 is 1.16 bits per heavy atom. The Kier molecular flexibility index (Phi) is 10.4. The maximum atomic E-state index is 13.3. The van der Waals surface area contributed by atoms with E-state index in [0.29, 0.717) is 27.7 Å². The van der Waals surface area contributed by atoms with E-state index in [9.17, 15) is 28.8 Å². The fourth-order valence-electron chi connectivity index (χ4n) is 4.17. The summed E-state index contributed by atoms with van der Waals surface area (Å²) in [6.45, 7) is 0.541. The van der Waals surface area contributed by atoms with Crippen LogP contribution in [0.15, 0.2) is 40.7 Å². The summed E-state index contributed by atoms with van der Waals surface area (Å²) in [5.41, 5.74) is 1.36. The third kappa shape index (κ3) is 7.28. The Bertz CT molecular complexity index is 1510. The van der Waals surface area contributed by atoms with Crippen LogP contribution in [0.25, 0.3) is 0 Å². The van der Waals surface area contributed by atoms with Gasteiger partial charge < -0.3 is 25.4 Å². The van der Waals surface area contributed by atoms with Gasteiger partial charge in [-0.3, -0.25) is 19.3 Å². The van der Waals surface area contributed by atoms with Crippen LogP contribution in [0, 0.1) is 0 Å². The highest BCUT2D eigenvalue weighted by atomic mass is 32.2. The molecule has 0 aliphatic carbocycles. The van der Waals surface area contributed by atoms with Crippen LogP contribution in [0.4, 0.5) is 15.3 Å². The van der Waals surface area contributed by atoms with Crippen LogP contribution < -0.4 is 16.0 Å². The number of anilines is 1. The van der Waals surface area contributed by atoms with Gasteiger partial charge in [0.05, 0.1) is 6.42 Å². The van der Waals surface area contributed by atoms with E-state index in [-0.39, 0.29) is 17.9 Å². The van der Waals surface area contributed by atoms with Gasteiger partial charge in [-0.1, -0.05) is 30.0 Å². The van der Waals surface area contributed by atoms with E-state index in [0.717, 1.165) is 4.90 Å². The molecular weight excluding hydrogens is 618 g/mol. The average Bonchev–Trinajstić information content (AvgIpc) is 3.42. The van der Waals surface area contributed by atoms with Crippen LogP contribution in [0.5, 0.6) is 0 Å². The van der Waals surface area contributed by atoms with Gasteiger partial charge in [0.2, 0.25) is 17.9 Å². The summed E-state index contributed by atoms with van der Waals surface area (Å²) in [5.74, 6) is -1.91. The Labute approximate surface area is 259 Å². The van der Waals surface area contributed by atoms with Crippen molar-refractivity contribution in [2.24, 2.45) is 7.05 Å². The molecule has 19 heteroatoms. The summed E-state index contributed by atoms with van der Waals surface area (Å²) < 4.78 is 11.3. The van der Waals surface area contributed by atoms with Gasteiger partial charge in [-0.05, 0) is 27.6 Å². The third-order valence-corrected chi connectivity index (χ3v) is 8.84. The van der Waals surface area contributed by atoms with Crippen molar-refractivity contribution in [1.82, 2.24) is 40.6 Å². The first-order valence-electron chi connectivity index (χ1n) is 13.0. The standard InChI is InChI=1S/C25H29N9O8S2/c1-13(35)41-12-42-22(38)19-15(11-44-25-29-30-31-33(25)4)10-43-21-18(20(37)34(19)21)28-17(36)9-14-7-5-6-8-16(14)27-24(40)32(3)23(39)26-2/h5-8,18,21H,9-12H2,1-4H3,(H,26,39)(H,27,40)(H,28,36). The number of carbonyl (C=O) groups excluding carboxylic acids is 6. The van der Waals surface area contributed by atoms with Crippen molar-refractivity contribution in [3.63, 3.8) is 0 Å². The number of aryl methyl sites for hydroxylation is 1. The van der Waals surface area contributed by atoms with Crippen molar-refractivity contribution in [3.05, 3.63) is 41.1 Å². The quantitative estimate of drug-likeness (QED) is 0.135. The monoisotopic (exact) mass is 647 g/mol. The zero-order chi connectivity index (χ0) is 32.0. The maximum Gasteiger partial charge on any atom is 0.357 e. The number of fused-ring (bicyclic) bond motifs is 1. The highest BCUT2D eigenvalue weighted by molar-refractivity contribution is 8.01. The number of hydrogen-bond acceptors (Lipinski definition) is 13. The first-order chi connectivity index (χ1) is 21.0. The van der Waals surface area contributed by atoms with Gasteiger partial charge in [-0.25, -0.2) is 24.0 Å². The first-order valence-corrected chi connectivity index (χ1v) is 15.0. The number of rotatable bonds is 10. The summed E-state index contributed by atoms with van der Waals surface area (Å²) in [6, 6.07) is 4.31. The number of β-lactam (4-membered cyclic amide) rings is 1. The number of benzene rings is 1. The topological polar surface area (TPSA) is 207 Å². The first kappa shape index (κ1) is 32.3. The molecule has 44 heavy (non-hydrogen) atoms. The molecule has 3 heterocycles. The zero-order valence-corrected chi connectivity index (χ0v) is 25.7. The number of thioether (sulfide) groups is 2. The molecule has 6 amide bonds. The number of urea groups is 2. The molecule has 1 aromatic carbocycles. The molecular formula is C25H29N9O8S2. The lowest BCUT2D eigenvalue weighted by molar-refractivity contribution is -0.166. The summed E-state index contributed by atoms with van der Waals surface area (Å²) >= 11 is 2.62. The largest absolute Gasteiger partial charge is 0.428 e. The van der Waals surface area contributed by atoms with Crippen LogP contribution in [0.1, 0.15) is 12.5 Å². The van der Waals surface area contributed by atoms with E-state index in [1.807, 2.05) is 0 Å². The summed E-state index contributed by atoms with van der Waals surface area (Å²) in [4.78, 5) is 76.9. The number of aromatic nitrogens is 4. The fourth-order valence-corrected chi connectivity index (χ4v) is 6.50. The van der Waals surface area contributed by atoms with E-state index in [4.69, 9.17) is 9.47 Å². The minimum Gasteiger partial charge on any atom is -0.428 e. The highest BCUT2D eigenvalue weighted by Crippen LogP contribution is 2.42. The number of amides is 6. The normalized spacial score (nSPS) is 17.2. The molecule has 0 bridgehead atoms. The number of nitrogens with zero attached hydrogens (tertiary/aromatic N) is 6. The molecule has 2 aliphatic rings. The molecule has 3 N–H and O–H groups in total. The van der Waals surface area contributed by atoms with Crippen molar-refractivity contribution in [2.45, 2.75) is 29.9 Å². The molecule has 234 valence electrons. The van der Waals surface area contributed by atoms with Crippen LogP contribution in [0.3, 0.4) is 0 Å². The number of nitrogens with one attached hydrogen (secondary N) is 3. The number of esters is 2. The molecule has 1 aromatic heterocycles. The van der Waals surface area contributed by atoms with Gasteiger partial charge in [0.15, 0.2) is 0 Å². The Hall–Kier alpha value is -4.65. The van der Waals surface area contributed by atoms with Crippen LogP contribution in [0.2, 0.25) is 0 Å². The van der Waals surface area contributed by atoms with Gasteiger partial charge in [-0.2, -0.15) is 0 Å². The molecule has 2 atom stereocenters. The van der Waals surface area contributed by atoms with Crippen molar-refractivity contribution in [1.29, 1.82) is 0 Å². The zero-order valence-electron chi connectivity index (χ0n) is 24.1. The van der Waals surface area contributed by atoms with Crippen molar-refractivity contribution in [2.75, 3.05) is 37.7 Å². The van der Waals surface area contributed by atoms with E-state index in [2.05, 4.69) is 31.5 Å². The fraction of sp³-hybridized carbons (Fsp3) is 0.400. The molecule has 2 aliphatic heterocycles. The molecule has 1 saturated heterocycles. The second-order valence-electron chi connectivity index (χ2n) is 9.34. The lowest BCUT2D eigenvalue weighted by Crippen LogP contribution is -2.70. The number of carbonyl (C=O) groups is 6. The van der Waals surface area contributed by atoms with Crippen LogP contribution in [-0.2, 0) is 42.1 Å². The smallest absolute Gasteiger partial charge is 0.357 e. The van der Waals surface area contributed by atoms with Gasteiger partial charge in [0.1, 0.15) is 17.1 Å². The van der Waals surface area contributed by atoms with Gasteiger partial charge in [0, 0.05) is 45.3 Å². The molecule has 0 spiro atoms. The third-order valence-electron chi connectivity index (χ3n) is 6.40. The molecule has 2 aromatic rings. The lowest BCUT2D eigenvalue weighted by atomic mass is 10.0. The van der Waals surface area contributed by atoms with Crippen molar-refractivity contribution in [3.8, 4) is 0 Å². The number of imide groups is 1. The van der Waals surface area contributed by atoms with E-state index in [1.165, 1.54) is 54.1 Å². The summed E-state index contributed by atoms with van der Waals surface area (Å²) in [6.07, 6.45) is -0.179. The lowest BCUT2D eigenvalue weighted by Gasteiger charge is -2.49. The Morgan fingerprint density at radius 3 is 2.59 bits per heavy atom. The summed E-state index contributed by atoms with van der Waals surface area (Å²) in [5, 5.41) is 18.8. The van der Waals surface area contributed by atoms with Crippen molar-refractivity contribution >= 4 is 65.0 Å². The van der Waals surface area contributed by atoms with Crippen LogP contribution >= 0.6 is 23.5 Å². The van der Waals surface area contributed by atoms with Gasteiger partial charge >= 0.3 is 24.0 Å². The molecule has 0 saturated carbocycles. The minimum atomic E-state index is -0.929. The van der Waals surface area contributed by atoms with Crippen molar-refractivity contribution < 1.29 is 38.2 Å². The predicted octanol–water partition coefficient (Wildman–Crippen LogP) is 0.0658. The minimum absolute atomic E-state index is 0.00678. The highest BCUT2D eigenvalue weighted by Gasteiger charge is 2.54. The van der Waals surface area contributed by atoms with E-state index >= 15 is 0 Å². The molecule has 17 nitrogen and oxygen atoms in total. The molecule has 0 radical (unpaired) electrons. The number of ether oxygens (including phenoxy) is 2. The van der Waals surface area contributed by atoms with Crippen LogP contribution in [-0.4, -0.2) is 110 Å². The molecule has 4 rings (SSSR count). The average molecular weight is 648 g/mol. The molecule has 1 fully saturated rings. The number of para-hydroxylation sites is 1. The Morgan fingerprint density at radius 2 is 1.91 bits per heavy atom. The maximum absolute atomic E-state index is 13.3. The molecule has 2 unspecified atom stereocenters. The number of tetrazole rings is 1. The number of hydrogen-bond donors (Lipinski definition) is 3. The second-order valence-corrected chi connectivity index (χ2v) is 11.4. The Balaban J connectivity index is 1.45. The second kappa shape index (κ2) is 14.2. The SMILES string of the molecule is CNC(=O)N(C)C(=O)Nc1ccccc1CC(=O)NC1C(=O)N2C(C(=O)OCOC(C)=O)=C(CSc3nnnn3C)CSC12. The van der Waals surface area contributed by atoms with Gasteiger partial charge in [-0.15, -0.1) is 16.9 Å². The van der Waals surface area contributed by atoms with Gasteiger partial charge in [0.25, 0.3) is 5.91 Å².